The summed E-state index contributed by atoms with van der Waals surface area (Å²) in [5.74, 6) is -1.26. The molecule has 0 spiro atoms. The lowest BCUT2D eigenvalue weighted by atomic mass is 10.1. The summed E-state index contributed by atoms with van der Waals surface area (Å²) in [5, 5.41) is 6.28. The molecule has 0 aliphatic carbocycles. The number of nitrogen functional groups attached to an aromatic ring is 1. The van der Waals surface area contributed by atoms with E-state index < -0.39 is 18.0 Å². The predicted octanol–water partition coefficient (Wildman–Crippen LogP) is 1.74. The first-order valence-electron chi connectivity index (χ1n) is 7.14. The average Bonchev–Trinajstić information content (AvgIpc) is 2.85. The maximum atomic E-state index is 12.0. The van der Waals surface area contributed by atoms with Crippen molar-refractivity contribution in [3.8, 4) is 0 Å². The van der Waals surface area contributed by atoms with E-state index >= 15 is 0 Å². The Morgan fingerprint density at radius 2 is 1.96 bits per heavy atom. The molecule has 0 fully saturated rings. The van der Waals surface area contributed by atoms with Crippen LogP contribution < -0.4 is 11.1 Å². The number of anilines is 1. The van der Waals surface area contributed by atoms with Crippen LogP contribution in [0.1, 0.15) is 34.1 Å². The maximum Gasteiger partial charge on any atom is 0.346 e. The molecule has 0 aliphatic heterocycles. The van der Waals surface area contributed by atoms with Crippen LogP contribution in [0.3, 0.4) is 0 Å². The number of rotatable bonds is 5. The van der Waals surface area contributed by atoms with E-state index in [1.165, 1.54) is 6.92 Å². The summed E-state index contributed by atoms with van der Waals surface area (Å²) in [5.41, 5.74) is 7.98. The van der Waals surface area contributed by atoms with Crippen molar-refractivity contribution >= 4 is 17.8 Å². The number of aromatic nitrogens is 1. The van der Waals surface area contributed by atoms with Gasteiger partial charge in [0.15, 0.2) is 6.10 Å². The summed E-state index contributed by atoms with van der Waals surface area (Å²) in [6, 6.07) is 7.77. The van der Waals surface area contributed by atoms with Gasteiger partial charge in [0.25, 0.3) is 5.91 Å². The average molecular weight is 317 g/mol. The molecule has 1 aromatic heterocycles. The molecule has 0 aliphatic rings. The molecule has 2 rings (SSSR count). The first-order chi connectivity index (χ1) is 10.9. The summed E-state index contributed by atoms with van der Waals surface area (Å²) in [6.45, 7) is 5.40. The minimum atomic E-state index is -0.957. The fourth-order valence-electron chi connectivity index (χ4n) is 1.95. The number of aryl methyl sites for hydroxylation is 2. The summed E-state index contributed by atoms with van der Waals surface area (Å²) in [6.07, 6.45) is -0.957. The lowest BCUT2D eigenvalue weighted by Crippen LogP contribution is -2.35. The molecule has 1 aromatic carbocycles. The Hall–Kier alpha value is -2.83. The molecule has 7 nitrogen and oxygen atoms in total. The zero-order valence-corrected chi connectivity index (χ0v) is 13.3. The molecule has 0 bridgehead atoms. The molecule has 23 heavy (non-hydrogen) atoms. The van der Waals surface area contributed by atoms with Crippen molar-refractivity contribution < 1.29 is 18.8 Å². The molecule has 1 heterocycles. The number of hydrogen-bond donors (Lipinski definition) is 2. The van der Waals surface area contributed by atoms with Gasteiger partial charge in [-0.05, 0) is 26.3 Å². The number of amides is 1. The van der Waals surface area contributed by atoms with Crippen molar-refractivity contribution in [1.82, 2.24) is 10.5 Å². The van der Waals surface area contributed by atoms with Crippen LogP contribution in [-0.4, -0.2) is 23.1 Å². The molecule has 1 atom stereocenters. The smallest absolute Gasteiger partial charge is 0.346 e. The Balaban J connectivity index is 1.90. The Labute approximate surface area is 133 Å². The Bertz CT molecular complexity index is 687. The van der Waals surface area contributed by atoms with Gasteiger partial charge >= 0.3 is 5.97 Å². The monoisotopic (exact) mass is 317 g/mol. The minimum Gasteiger partial charge on any atom is -0.449 e. The number of hydrogen-bond acceptors (Lipinski definition) is 6. The van der Waals surface area contributed by atoms with E-state index in [1.54, 1.807) is 6.92 Å². The second kappa shape index (κ2) is 6.95. The fourth-order valence-corrected chi connectivity index (χ4v) is 1.95. The third-order valence-electron chi connectivity index (χ3n) is 3.33. The van der Waals surface area contributed by atoms with Gasteiger partial charge in [0.1, 0.15) is 5.56 Å². The second-order valence-electron chi connectivity index (χ2n) is 5.26. The van der Waals surface area contributed by atoms with E-state index in [9.17, 15) is 9.59 Å². The highest BCUT2D eigenvalue weighted by molar-refractivity contribution is 5.96. The first kappa shape index (κ1) is 16.5. The molecular formula is C16H19N3O4. The lowest BCUT2D eigenvalue weighted by molar-refractivity contribution is -0.129. The second-order valence-corrected chi connectivity index (χ2v) is 5.26. The van der Waals surface area contributed by atoms with Crippen LogP contribution in [0.5, 0.6) is 0 Å². The first-order valence-corrected chi connectivity index (χ1v) is 7.14. The molecular weight excluding hydrogens is 298 g/mol. The standard InChI is InChI=1S/C16H19N3O4/c1-9-4-6-12(7-5-9)8-18-15(20)11(3)22-16(21)13-10(2)19-23-14(13)17/h4-7,11H,8,17H2,1-3H3,(H,18,20)/t11-/m1/s1. The highest BCUT2D eigenvalue weighted by Crippen LogP contribution is 2.17. The van der Waals surface area contributed by atoms with Crippen molar-refractivity contribution in [1.29, 1.82) is 0 Å². The van der Waals surface area contributed by atoms with E-state index in [-0.39, 0.29) is 11.4 Å². The molecule has 0 unspecified atom stereocenters. The number of carbonyl (C=O) groups excluding carboxylic acids is 2. The predicted molar refractivity (Wildman–Crippen MR) is 83.6 cm³/mol. The highest BCUT2D eigenvalue weighted by Gasteiger charge is 2.24. The summed E-state index contributed by atoms with van der Waals surface area (Å²) >= 11 is 0. The molecule has 122 valence electrons. The maximum absolute atomic E-state index is 12.0. The van der Waals surface area contributed by atoms with Crippen LogP contribution in [0.25, 0.3) is 0 Å². The van der Waals surface area contributed by atoms with Gasteiger partial charge in [-0.25, -0.2) is 4.79 Å². The van der Waals surface area contributed by atoms with Crippen LogP contribution in [-0.2, 0) is 16.1 Å². The molecule has 3 N–H and O–H groups in total. The molecule has 0 saturated carbocycles. The third-order valence-corrected chi connectivity index (χ3v) is 3.33. The normalized spacial score (nSPS) is 11.8. The van der Waals surface area contributed by atoms with E-state index in [0.717, 1.165) is 11.1 Å². The number of nitrogens with zero attached hydrogens (tertiary/aromatic N) is 1. The van der Waals surface area contributed by atoms with Crippen molar-refractivity contribution in [3.05, 3.63) is 46.6 Å². The van der Waals surface area contributed by atoms with Gasteiger partial charge in [0, 0.05) is 6.54 Å². The molecule has 0 radical (unpaired) electrons. The van der Waals surface area contributed by atoms with Crippen molar-refractivity contribution in [2.45, 2.75) is 33.4 Å². The number of ether oxygens (including phenoxy) is 1. The van der Waals surface area contributed by atoms with E-state index in [4.69, 9.17) is 15.0 Å². The van der Waals surface area contributed by atoms with E-state index in [2.05, 4.69) is 10.5 Å². The number of esters is 1. The van der Waals surface area contributed by atoms with Gasteiger partial charge in [0.05, 0.1) is 5.69 Å². The van der Waals surface area contributed by atoms with Crippen molar-refractivity contribution in [2.24, 2.45) is 0 Å². The van der Waals surface area contributed by atoms with Gasteiger partial charge < -0.3 is 20.3 Å². The van der Waals surface area contributed by atoms with Gasteiger partial charge in [0.2, 0.25) is 5.88 Å². The molecule has 7 heteroatoms. The third kappa shape index (κ3) is 4.09. The molecule has 2 aromatic rings. The van der Waals surface area contributed by atoms with Crippen LogP contribution in [0.2, 0.25) is 0 Å². The van der Waals surface area contributed by atoms with Crippen LogP contribution in [0.4, 0.5) is 5.88 Å². The highest BCUT2D eigenvalue weighted by atomic mass is 16.5. The SMILES string of the molecule is Cc1ccc(CNC(=O)[C@@H](C)OC(=O)c2c(C)noc2N)cc1. The summed E-state index contributed by atoms with van der Waals surface area (Å²) < 4.78 is 9.79. The molecule has 1 amide bonds. The number of benzene rings is 1. The number of nitrogens with one attached hydrogen (secondary N) is 1. The Morgan fingerprint density at radius 1 is 1.30 bits per heavy atom. The Kier molecular flexibility index (Phi) is 5.00. The number of carbonyl (C=O) groups is 2. The lowest BCUT2D eigenvalue weighted by Gasteiger charge is -2.13. The summed E-state index contributed by atoms with van der Waals surface area (Å²) in [4.78, 5) is 24.0. The minimum absolute atomic E-state index is 0.0446. The zero-order chi connectivity index (χ0) is 17.0. The Morgan fingerprint density at radius 3 is 2.52 bits per heavy atom. The van der Waals surface area contributed by atoms with E-state index in [0.29, 0.717) is 12.2 Å². The van der Waals surface area contributed by atoms with Crippen LogP contribution in [0, 0.1) is 13.8 Å². The van der Waals surface area contributed by atoms with Crippen LogP contribution >= 0.6 is 0 Å². The summed E-state index contributed by atoms with van der Waals surface area (Å²) in [7, 11) is 0. The molecule has 0 saturated heterocycles. The van der Waals surface area contributed by atoms with Crippen molar-refractivity contribution in [3.63, 3.8) is 0 Å². The van der Waals surface area contributed by atoms with Crippen LogP contribution in [0.15, 0.2) is 28.8 Å². The van der Waals surface area contributed by atoms with Gasteiger partial charge in [-0.2, -0.15) is 0 Å². The fraction of sp³-hybridized carbons (Fsp3) is 0.312. The zero-order valence-electron chi connectivity index (χ0n) is 13.3. The number of nitrogens with two attached hydrogens (primary N) is 1. The largest absolute Gasteiger partial charge is 0.449 e. The van der Waals surface area contributed by atoms with Gasteiger partial charge in [-0.3, -0.25) is 4.79 Å². The topological polar surface area (TPSA) is 107 Å². The van der Waals surface area contributed by atoms with Crippen molar-refractivity contribution in [2.75, 3.05) is 5.73 Å². The van der Waals surface area contributed by atoms with Gasteiger partial charge in [-0.15, -0.1) is 0 Å². The van der Waals surface area contributed by atoms with Gasteiger partial charge in [-0.1, -0.05) is 35.0 Å². The quantitative estimate of drug-likeness (QED) is 0.813. The van der Waals surface area contributed by atoms with E-state index in [1.807, 2.05) is 31.2 Å².